The molecule has 144 valence electrons. The lowest BCUT2D eigenvalue weighted by molar-refractivity contribution is -0.145. The van der Waals surface area contributed by atoms with Crippen molar-refractivity contribution in [2.75, 3.05) is 13.2 Å². The second kappa shape index (κ2) is 7.84. The highest BCUT2D eigenvalue weighted by atomic mass is 16.5. The molecule has 0 spiro atoms. The Morgan fingerprint density at radius 3 is 2.86 bits per heavy atom. The molecule has 1 aromatic carbocycles. The van der Waals surface area contributed by atoms with Gasteiger partial charge in [-0.2, -0.15) is 0 Å². The Balaban J connectivity index is 1.54. The highest BCUT2D eigenvalue weighted by Gasteiger charge is 2.45. The number of benzene rings is 1. The van der Waals surface area contributed by atoms with E-state index in [0.29, 0.717) is 25.4 Å². The molecule has 0 bridgehead atoms. The summed E-state index contributed by atoms with van der Waals surface area (Å²) in [4.78, 5) is 34.4. The van der Waals surface area contributed by atoms with E-state index in [2.05, 4.69) is 9.97 Å². The fourth-order valence-corrected chi connectivity index (χ4v) is 3.56. The van der Waals surface area contributed by atoms with Crippen molar-refractivity contribution >= 4 is 22.8 Å². The Kier molecular flexibility index (Phi) is 5.10. The van der Waals surface area contributed by atoms with Crippen LogP contribution in [-0.2, 0) is 16.1 Å². The third-order valence-corrected chi connectivity index (χ3v) is 5.11. The molecule has 2 aromatic heterocycles. The molecule has 2 atom stereocenters. The highest BCUT2D eigenvalue weighted by molar-refractivity contribution is 5.98. The number of amides is 1. The summed E-state index contributed by atoms with van der Waals surface area (Å²) in [6.07, 6.45) is 4.24. The lowest BCUT2D eigenvalue weighted by Crippen LogP contribution is -2.33. The zero-order valence-corrected chi connectivity index (χ0v) is 15.8. The van der Waals surface area contributed by atoms with Crippen LogP contribution in [-0.4, -0.2) is 39.9 Å². The highest BCUT2D eigenvalue weighted by Crippen LogP contribution is 2.40. The molecule has 1 aliphatic rings. The maximum atomic E-state index is 13.2. The first-order valence-corrected chi connectivity index (χ1v) is 9.58. The van der Waals surface area contributed by atoms with Crippen LogP contribution in [0.25, 0.3) is 10.9 Å². The summed E-state index contributed by atoms with van der Waals surface area (Å²) in [5.41, 5.74) is 2.45. The maximum absolute atomic E-state index is 13.2. The number of carbonyl (C=O) groups is 2. The first-order chi connectivity index (χ1) is 13.7. The van der Waals surface area contributed by atoms with Crippen molar-refractivity contribution in [1.82, 2.24) is 14.9 Å². The van der Waals surface area contributed by atoms with Gasteiger partial charge in [0.25, 0.3) is 5.91 Å². The van der Waals surface area contributed by atoms with Crippen LogP contribution in [0.3, 0.4) is 0 Å². The van der Waals surface area contributed by atoms with Gasteiger partial charge in [-0.3, -0.25) is 14.6 Å². The van der Waals surface area contributed by atoms with Crippen molar-refractivity contribution in [2.24, 2.45) is 11.8 Å². The van der Waals surface area contributed by atoms with Crippen molar-refractivity contribution in [3.8, 4) is 0 Å². The van der Waals surface area contributed by atoms with Crippen molar-refractivity contribution in [2.45, 2.75) is 19.9 Å². The number of nitrogens with zero attached hydrogens (tertiary/aromatic N) is 2. The van der Waals surface area contributed by atoms with Crippen molar-refractivity contribution < 1.29 is 14.3 Å². The fraction of sp³-hybridized carbons (Fsp3) is 0.318. The summed E-state index contributed by atoms with van der Waals surface area (Å²) in [6, 6.07) is 13.5. The van der Waals surface area contributed by atoms with E-state index in [0.717, 1.165) is 22.9 Å². The lowest BCUT2D eigenvalue weighted by atomic mass is 10.2. The lowest BCUT2D eigenvalue weighted by Gasteiger charge is -2.22. The van der Waals surface area contributed by atoms with Gasteiger partial charge in [-0.05, 0) is 43.0 Å². The molecule has 4 rings (SSSR count). The zero-order chi connectivity index (χ0) is 19.5. The molecule has 1 aliphatic carbocycles. The number of rotatable bonds is 7. The van der Waals surface area contributed by atoms with E-state index in [-0.39, 0.29) is 23.7 Å². The van der Waals surface area contributed by atoms with E-state index in [1.54, 1.807) is 17.3 Å². The molecule has 1 amide bonds. The van der Waals surface area contributed by atoms with E-state index >= 15 is 0 Å². The SMILES string of the molecule is CCOC(=O)C1CC1CN(Cc1cccnc1)C(=O)c1cc2ccccc2[nH]1. The van der Waals surface area contributed by atoms with E-state index < -0.39 is 0 Å². The minimum atomic E-state index is -0.160. The predicted molar refractivity (Wildman–Crippen MR) is 106 cm³/mol. The number of hydrogen-bond acceptors (Lipinski definition) is 4. The van der Waals surface area contributed by atoms with Crippen LogP contribution in [0.2, 0.25) is 0 Å². The van der Waals surface area contributed by atoms with Crippen LogP contribution in [0.15, 0.2) is 54.9 Å². The second-order valence-corrected chi connectivity index (χ2v) is 7.17. The number of ether oxygens (including phenoxy) is 1. The normalized spacial score (nSPS) is 18.0. The van der Waals surface area contributed by atoms with Gasteiger partial charge in [0.05, 0.1) is 12.5 Å². The van der Waals surface area contributed by atoms with Crippen LogP contribution in [0, 0.1) is 11.8 Å². The topological polar surface area (TPSA) is 75.3 Å². The van der Waals surface area contributed by atoms with Crippen LogP contribution in [0.4, 0.5) is 0 Å². The van der Waals surface area contributed by atoms with Gasteiger partial charge in [0.15, 0.2) is 0 Å². The average Bonchev–Trinajstić information content (AvgIpc) is 3.35. The van der Waals surface area contributed by atoms with Crippen LogP contribution in [0.1, 0.15) is 29.4 Å². The van der Waals surface area contributed by atoms with Gasteiger partial charge < -0.3 is 14.6 Å². The van der Waals surface area contributed by atoms with Crippen LogP contribution >= 0.6 is 0 Å². The second-order valence-electron chi connectivity index (χ2n) is 7.17. The van der Waals surface area contributed by atoms with Crippen LogP contribution < -0.4 is 0 Å². The smallest absolute Gasteiger partial charge is 0.309 e. The molecule has 1 N–H and O–H groups in total. The minimum absolute atomic E-state index is 0.0745. The minimum Gasteiger partial charge on any atom is -0.466 e. The maximum Gasteiger partial charge on any atom is 0.309 e. The number of aromatic amines is 1. The summed E-state index contributed by atoms with van der Waals surface area (Å²) in [6.45, 7) is 3.17. The zero-order valence-electron chi connectivity index (χ0n) is 15.8. The van der Waals surface area contributed by atoms with Gasteiger partial charge in [-0.1, -0.05) is 24.3 Å². The number of carbonyl (C=O) groups excluding carboxylic acids is 2. The number of para-hydroxylation sites is 1. The molecule has 6 nitrogen and oxygen atoms in total. The van der Waals surface area contributed by atoms with E-state index in [1.165, 1.54) is 0 Å². The van der Waals surface area contributed by atoms with E-state index in [9.17, 15) is 9.59 Å². The van der Waals surface area contributed by atoms with Gasteiger partial charge in [-0.25, -0.2) is 0 Å². The monoisotopic (exact) mass is 377 g/mol. The number of esters is 1. The molecule has 3 aromatic rings. The van der Waals surface area contributed by atoms with Gasteiger partial charge in [0.2, 0.25) is 0 Å². The standard InChI is InChI=1S/C22H23N3O3/c1-2-28-22(27)18-10-17(18)14-25(13-15-6-5-9-23-12-15)21(26)20-11-16-7-3-4-8-19(16)24-20/h3-9,11-12,17-18,24H,2,10,13-14H2,1H3. The summed E-state index contributed by atoms with van der Waals surface area (Å²) < 4.78 is 5.12. The van der Waals surface area contributed by atoms with Gasteiger partial charge >= 0.3 is 5.97 Å². The Morgan fingerprint density at radius 2 is 2.11 bits per heavy atom. The number of aromatic nitrogens is 2. The van der Waals surface area contributed by atoms with Crippen LogP contribution in [0.5, 0.6) is 0 Å². The molecule has 2 unspecified atom stereocenters. The van der Waals surface area contributed by atoms with Crippen molar-refractivity contribution in [3.63, 3.8) is 0 Å². The Morgan fingerprint density at radius 1 is 1.25 bits per heavy atom. The quantitative estimate of drug-likeness (QED) is 0.640. The van der Waals surface area contributed by atoms with E-state index in [1.807, 2.05) is 49.4 Å². The third-order valence-electron chi connectivity index (χ3n) is 5.11. The number of hydrogen-bond donors (Lipinski definition) is 1. The number of nitrogens with one attached hydrogen (secondary N) is 1. The molecule has 0 aliphatic heterocycles. The molecular weight excluding hydrogens is 354 g/mol. The van der Waals surface area contributed by atoms with E-state index in [4.69, 9.17) is 4.74 Å². The number of H-pyrrole nitrogens is 1. The summed E-state index contributed by atoms with van der Waals surface area (Å²) >= 11 is 0. The van der Waals surface area contributed by atoms with Crippen molar-refractivity contribution in [1.29, 1.82) is 0 Å². The molecule has 28 heavy (non-hydrogen) atoms. The Bertz CT molecular complexity index is 950. The summed E-state index contributed by atoms with van der Waals surface area (Å²) in [5.74, 6) is -0.197. The van der Waals surface area contributed by atoms with Gasteiger partial charge in [0, 0.05) is 36.4 Å². The summed E-state index contributed by atoms with van der Waals surface area (Å²) in [5, 5.41) is 1.00. The first kappa shape index (κ1) is 18.2. The first-order valence-electron chi connectivity index (χ1n) is 9.58. The predicted octanol–water partition coefficient (Wildman–Crippen LogP) is 3.40. The molecule has 1 fully saturated rings. The molecule has 0 radical (unpaired) electrons. The Labute approximate surface area is 163 Å². The summed E-state index contributed by atoms with van der Waals surface area (Å²) in [7, 11) is 0. The Hall–Kier alpha value is -3.15. The third kappa shape index (κ3) is 3.91. The average molecular weight is 377 g/mol. The largest absolute Gasteiger partial charge is 0.466 e. The van der Waals surface area contributed by atoms with Gasteiger partial charge in [0.1, 0.15) is 5.69 Å². The number of fused-ring (bicyclic) bond motifs is 1. The molecule has 6 heteroatoms. The molecule has 2 heterocycles. The van der Waals surface area contributed by atoms with Crippen molar-refractivity contribution in [3.05, 3.63) is 66.1 Å². The fourth-order valence-electron chi connectivity index (χ4n) is 3.56. The molecule has 1 saturated carbocycles. The number of pyridine rings is 1. The van der Waals surface area contributed by atoms with Gasteiger partial charge in [-0.15, -0.1) is 0 Å². The molecule has 0 saturated heterocycles. The molecular formula is C22H23N3O3.